The van der Waals surface area contributed by atoms with Crippen LogP contribution in [0.25, 0.3) is 11.1 Å². The summed E-state index contributed by atoms with van der Waals surface area (Å²) in [5, 5.41) is 0. The van der Waals surface area contributed by atoms with Gasteiger partial charge in [-0.05, 0) is 12.1 Å². The van der Waals surface area contributed by atoms with Crippen molar-refractivity contribution >= 4 is 11.1 Å². The highest BCUT2D eigenvalue weighted by Gasteiger charge is 2.20. The smallest absolute Gasteiger partial charge is 0.200 e. The number of methoxy groups -OCH3 is 1. The minimum Gasteiger partial charge on any atom is -0.497 e. The minimum atomic E-state index is -0.0632. The molecule has 0 radical (unpaired) electrons. The summed E-state index contributed by atoms with van der Waals surface area (Å²) in [5.74, 6) is 1.55. The molecule has 1 aromatic carbocycles. The van der Waals surface area contributed by atoms with E-state index >= 15 is 0 Å². The Bertz CT molecular complexity index is 480. The maximum atomic E-state index is 5.68. The first-order valence-electron chi connectivity index (χ1n) is 4.96. The summed E-state index contributed by atoms with van der Waals surface area (Å²) >= 11 is 0. The first-order chi connectivity index (χ1) is 7.00. The second-order valence-corrected chi connectivity index (χ2v) is 4.60. The van der Waals surface area contributed by atoms with Gasteiger partial charge >= 0.3 is 0 Å². The summed E-state index contributed by atoms with van der Waals surface area (Å²) in [6.07, 6.45) is 0. The van der Waals surface area contributed by atoms with Gasteiger partial charge in [-0.2, -0.15) is 0 Å². The third-order valence-electron chi connectivity index (χ3n) is 2.24. The Morgan fingerprint density at radius 2 is 2.00 bits per heavy atom. The SMILES string of the molecule is COc1ccc2nc(C(C)(C)C)oc2c1. The van der Waals surface area contributed by atoms with E-state index in [1.807, 2.05) is 18.2 Å². The van der Waals surface area contributed by atoms with E-state index < -0.39 is 0 Å². The fourth-order valence-corrected chi connectivity index (χ4v) is 1.35. The highest BCUT2D eigenvalue weighted by atomic mass is 16.5. The maximum Gasteiger partial charge on any atom is 0.200 e. The molecule has 0 saturated carbocycles. The molecule has 2 rings (SSSR count). The van der Waals surface area contributed by atoms with Crippen LogP contribution in [0.1, 0.15) is 26.7 Å². The average molecular weight is 205 g/mol. The highest BCUT2D eigenvalue weighted by molar-refractivity contribution is 5.74. The van der Waals surface area contributed by atoms with Crippen molar-refractivity contribution in [1.29, 1.82) is 0 Å². The Hall–Kier alpha value is -1.51. The van der Waals surface area contributed by atoms with E-state index in [1.54, 1.807) is 7.11 Å². The Morgan fingerprint density at radius 1 is 1.27 bits per heavy atom. The van der Waals surface area contributed by atoms with Crippen LogP contribution in [0.5, 0.6) is 5.75 Å². The van der Waals surface area contributed by atoms with Crippen molar-refractivity contribution < 1.29 is 9.15 Å². The number of hydrogen-bond acceptors (Lipinski definition) is 3. The molecule has 0 aliphatic rings. The number of hydrogen-bond donors (Lipinski definition) is 0. The van der Waals surface area contributed by atoms with Crippen molar-refractivity contribution in [2.24, 2.45) is 0 Å². The van der Waals surface area contributed by atoms with Gasteiger partial charge in [0.15, 0.2) is 5.58 Å². The van der Waals surface area contributed by atoms with Crippen LogP contribution in [0.3, 0.4) is 0 Å². The van der Waals surface area contributed by atoms with E-state index in [2.05, 4.69) is 25.8 Å². The van der Waals surface area contributed by atoms with Gasteiger partial charge < -0.3 is 9.15 Å². The molecule has 0 aliphatic heterocycles. The molecule has 0 unspecified atom stereocenters. The molecule has 1 aromatic heterocycles. The Labute approximate surface area is 89.1 Å². The largest absolute Gasteiger partial charge is 0.497 e. The Balaban J connectivity index is 2.56. The van der Waals surface area contributed by atoms with Crippen LogP contribution < -0.4 is 4.74 Å². The zero-order chi connectivity index (χ0) is 11.1. The molecule has 15 heavy (non-hydrogen) atoms. The van der Waals surface area contributed by atoms with E-state index in [-0.39, 0.29) is 5.41 Å². The second kappa shape index (κ2) is 3.26. The van der Waals surface area contributed by atoms with Gasteiger partial charge in [-0.1, -0.05) is 20.8 Å². The normalized spacial score (nSPS) is 12.0. The molecular weight excluding hydrogens is 190 g/mol. The Kier molecular flexibility index (Phi) is 2.18. The summed E-state index contributed by atoms with van der Waals surface area (Å²) in [5.41, 5.74) is 1.59. The lowest BCUT2D eigenvalue weighted by Crippen LogP contribution is -2.10. The van der Waals surface area contributed by atoms with E-state index in [0.29, 0.717) is 0 Å². The molecule has 0 aliphatic carbocycles. The van der Waals surface area contributed by atoms with Gasteiger partial charge in [-0.3, -0.25) is 0 Å². The summed E-state index contributed by atoms with van der Waals surface area (Å²) in [6.45, 7) is 6.23. The molecule has 3 heteroatoms. The molecule has 0 atom stereocenters. The van der Waals surface area contributed by atoms with Gasteiger partial charge in [0, 0.05) is 11.5 Å². The van der Waals surface area contributed by atoms with Gasteiger partial charge in [-0.25, -0.2) is 4.98 Å². The fraction of sp³-hybridized carbons (Fsp3) is 0.417. The van der Waals surface area contributed by atoms with Crippen LogP contribution in [0.2, 0.25) is 0 Å². The Morgan fingerprint density at radius 3 is 2.60 bits per heavy atom. The molecule has 0 N–H and O–H groups in total. The minimum absolute atomic E-state index is 0.0632. The van der Waals surface area contributed by atoms with E-state index in [1.165, 1.54) is 0 Å². The number of ether oxygens (including phenoxy) is 1. The van der Waals surface area contributed by atoms with Gasteiger partial charge in [0.1, 0.15) is 11.3 Å². The molecular formula is C12H15NO2. The van der Waals surface area contributed by atoms with Crippen molar-refractivity contribution in [2.75, 3.05) is 7.11 Å². The topological polar surface area (TPSA) is 35.3 Å². The van der Waals surface area contributed by atoms with Gasteiger partial charge in [0.2, 0.25) is 5.89 Å². The molecule has 0 amide bonds. The lowest BCUT2D eigenvalue weighted by molar-refractivity contribution is 0.404. The fourth-order valence-electron chi connectivity index (χ4n) is 1.35. The van der Waals surface area contributed by atoms with Gasteiger partial charge in [0.25, 0.3) is 0 Å². The van der Waals surface area contributed by atoms with Crippen LogP contribution in [-0.4, -0.2) is 12.1 Å². The summed E-state index contributed by atoms with van der Waals surface area (Å²) < 4.78 is 10.8. The third-order valence-corrected chi connectivity index (χ3v) is 2.24. The first-order valence-corrected chi connectivity index (χ1v) is 4.96. The lowest BCUT2D eigenvalue weighted by atomic mass is 9.97. The molecule has 3 nitrogen and oxygen atoms in total. The standard InChI is InChI=1S/C12H15NO2/c1-12(2,3)11-13-9-6-5-8(14-4)7-10(9)15-11/h5-7H,1-4H3. The number of oxazole rings is 1. The van der Waals surface area contributed by atoms with Crippen LogP contribution >= 0.6 is 0 Å². The zero-order valence-corrected chi connectivity index (χ0v) is 9.50. The first kappa shape index (κ1) is 10.0. The predicted octanol–water partition coefficient (Wildman–Crippen LogP) is 3.13. The molecule has 0 bridgehead atoms. The van der Waals surface area contributed by atoms with Crippen molar-refractivity contribution in [2.45, 2.75) is 26.2 Å². The second-order valence-electron chi connectivity index (χ2n) is 4.60. The summed E-state index contributed by atoms with van der Waals surface area (Å²) in [6, 6.07) is 5.65. The van der Waals surface area contributed by atoms with Crippen LogP contribution in [0, 0.1) is 0 Å². The number of fused-ring (bicyclic) bond motifs is 1. The number of nitrogens with zero attached hydrogens (tertiary/aromatic N) is 1. The zero-order valence-electron chi connectivity index (χ0n) is 9.50. The van der Waals surface area contributed by atoms with Crippen molar-refractivity contribution in [3.8, 4) is 5.75 Å². The molecule has 0 fully saturated rings. The summed E-state index contributed by atoms with van der Waals surface area (Å²) in [4.78, 5) is 4.44. The monoisotopic (exact) mass is 205 g/mol. The predicted molar refractivity (Wildman–Crippen MR) is 59.3 cm³/mol. The average Bonchev–Trinajstić information content (AvgIpc) is 2.59. The maximum absolute atomic E-state index is 5.68. The molecule has 0 spiro atoms. The number of aromatic nitrogens is 1. The van der Waals surface area contributed by atoms with Crippen molar-refractivity contribution in [1.82, 2.24) is 4.98 Å². The van der Waals surface area contributed by atoms with Crippen LogP contribution in [-0.2, 0) is 5.41 Å². The van der Waals surface area contributed by atoms with Gasteiger partial charge in [-0.15, -0.1) is 0 Å². The molecule has 2 aromatic rings. The summed E-state index contributed by atoms with van der Waals surface area (Å²) in [7, 11) is 1.64. The van der Waals surface area contributed by atoms with Crippen molar-refractivity contribution in [3.05, 3.63) is 24.1 Å². The molecule has 0 saturated heterocycles. The van der Waals surface area contributed by atoms with E-state index in [9.17, 15) is 0 Å². The number of rotatable bonds is 1. The lowest BCUT2D eigenvalue weighted by Gasteiger charge is -2.11. The highest BCUT2D eigenvalue weighted by Crippen LogP contribution is 2.27. The third kappa shape index (κ3) is 1.82. The van der Waals surface area contributed by atoms with Crippen LogP contribution in [0.4, 0.5) is 0 Å². The quantitative estimate of drug-likeness (QED) is 0.717. The van der Waals surface area contributed by atoms with Crippen LogP contribution in [0.15, 0.2) is 22.6 Å². The molecule has 80 valence electrons. The van der Waals surface area contributed by atoms with Gasteiger partial charge in [0.05, 0.1) is 7.11 Å². The van der Waals surface area contributed by atoms with Crippen molar-refractivity contribution in [3.63, 3.8) is 0 Å². The van der Waals surface area contributed by atoms with E-state index in [4.69, 9.17) is 9.15 Å². The van der Waals surface area contributed by atoms with E-state index in [0.717, 1.165) is 22.7 Å². The molecule has 1 heterocycles. The number of benzene rings is 1.